The topological polar surface area (TPSA) is 17.1 Å². The Morgan fingerprint density at radius 2 is 1.58 bits per heavy atom. The van der Waals surface area contributed by atoms with Crippen molar-refractivity contribution in [3.05, 3.63) is 58.9 Å². The van der Waals surface area contributed by atoms with Gasteiger partial charge in [0.15, 0.2) is 23.2 Å². The Kier molecular flexibility index (Phi) is 3.42. The van der Waals surface area contributed by atoms with E-state index < -0.39 is 17.5 Å². The normalized spacial score (nSPS) is 10.6. The molecular formula is C15H11F3O. The molecule has 1 nitrogen and oxygen atoms in total. The van der Waals surface area contributed by atoms with Gasteiger partial charge in [0.05, 0.1) is 0 Å². The van der Waals surface area contributed by atoms with Crippen LogP contribution in [0.1, 0.15) is 22.8 Å². The zero-order valence-electron chi connectivity index (χ0n) is 10.4. The Morgan fingerprint density at radius 3 is 2.11 bits per heavy atom. The van der Waals surface area contributed by atoms with Crippen molar-refractivity contribution in [2.24, 2.45) is 0 Å². The van der Waals surface area contributed by atoms with Crippen molar-refractivity contribution in [1.29, 1.82) is 0 Å². The molecular weight excluding hydrogens is 253 g/mol. The van der Waals surface area contributed by atoms with Crippen molar-refractivity contribution in [3.8, 4) is 11.1 Å². The maximum atomic E-state index is 13.2. The first kappa shape index (κ1) is 13.3. The van der Waals surface area contributed by atoms with Gasteiger partial charge in [-0.1, -0.05) is 12.1 Å². The monoisotopic (exact) mass is 264 g/mol. The van der Waals surface area contributed by atoms with Crippen LogP contribution in [0.25, 0.3) is 11.1 Å². The molecule has 0 aromatic heterocycles. The molecule has 0 heterocycles. The van der Waals surface area contributed by atoms with Gasteiger partial charge in [0.1, 0.15) is 0 Å². The molecule has 0 fully saturated rings. The number of hydrogen-bond acceptors (Lipinski definition) is 1. The largest absolute Gasteiger partial charge is 0.295 e. The van der Waals surface area contributed by atoms with E-state index in [0.717, 1.165) is 17.7 Å². The standard InChI is InChI=1S/C15H11F3O/c1-8-3-4-10(9(2)19)5-12(8)11-6-13(16)15(18)14(17)7-11/h3-7H,1-2H3. The molecule has 0 aliphatic carbocycles. The summed E-state index contributed by atoms with van der Waals surface area (Å²) >= 11 is 0. The van der Waals surface area contributed by atoms with Gasteiger partial charge in [-0.2, -0.15) is 0 Å². The molecule has 0 bridgehead atoms. The SMILES string of the molecule is CC(=O)c1ccc(C)c(-c2cc(F)c(F)c(F)c2)c1. The summed E-state index contributed by atoms with van der Waals surface area (Å²) in [6.07, 6.45) is 0. The van der Waals surface area contributed by atoms with Gasteiger partial charge in [-0.25, -0.2) is 13.2 Å². The van der Waals surface area contributed by atoms with Crippen molar-refractivity contribution in [1.82, 2.24) is 0 Å². The lowest BCUT2D eigenvalue weighted by atomic mass is 9.97. The van der Waals surface area contributed by atoms with E-state index in [1.165, 1.54) is 6.92 Å². The minimum atomic E-state index is -1.50. The lowest BCUT2D eigenvalue weighted by molar-refractivity contribution is 0.101. The van der Waals surface area contributed by atoms with E-state index >= 15 is 0 Å². The van der Waals surface area contributed by atoms with Gasteiger partial charge in [0.25, 0.3) is 0 Å². The van der Waals surface area contributed by atoms with E-state index in [1.807, 2.05) is 0 Å². The van der Waals surface area contributed by atoms with E-state index in [9.17, 15) is 18.0 Å². The van der Waals surface area contributed by atoms with Crippen molar-refractivity contribution >= 4 is 5.78 Å². The van der Waals surface area contributed by atoms with Gasteiger partial charge in [0.2, 0.25) is 0 Å². The molecule has 4 heteroatoms. The highest BCUT2D eigenvalue weighted by molar-refractivity contribution is 5.95. The average Bonchev–Trinajstić information content (AvgIpc) is 2.35. The average molecular weight is 264 g/mol. The summed E-state index contributed by atoms with van der Waals surface area (Å²) in [5.74, 6) is -4.14. The third-order valence-electron chi connectivity index (χ3n) is 2.94. The predicted octanol–water partition coefficient (Wildman–Crippen LogP) is 4.28. The van der Waals surface area contributed by atoms with Crippen molar-refractivity contribution < 1.29 is 18.0 Å². The molecule has 0 saturated carbocycles. The number of halogens is 3. The van der Waals surface area contributed by atoms with Crippen LogP contribution in [0.3, 0.4) is 0 Å². The highest BCUT2D eigenvalue weighted by Gasteiger charge is 2.13. The minimum Gasteiger partial charge on any atom is -0.295 e. The number of rotatable bonds is 2. The second kappa shape index (κ2) is 4.88. The van der Waals surface area contributed by atoms with Crippen LogP contribution in [-0.2, 0) is 0 Å². The van der Waals surface area contributed by atoms with Crippen molar-refractivity contribution in [3.63, 3.8) is 0 Å². The molecule has 0 atom stereocenters. The molecule has 98 valence electrons. The molecule has 0 radical (unpaired) electrons. The second-order valence-electron chi connectivity index (χ2n) is 4.34. The Hall–Kier alpha value is -2.10. The molecule has 0 amide bonds. The van der Waals surface area contributed by atoms with Crippen LogP contribution in [0.4, 0.5) is 13.2 Å². The quantitative estimate of drug-likeness (QED) is 0.584. The highest BCUT2D eigenvalue weighted by Crippen LogP contribution is 2.27. The molecule has 0 saturated heterocycles. The number of carbonyl (C=O) groups is 1. The summed E-state index contributed by atoms with van der Waals surface area (Å²) in [7, 11) is 0. The van der Waals surface area contributed by atoms with Gasteiger partial charge in [0, 0.05) is 5.56 Å². The number of aryl methyl sites for hydroxylation is 1. The Balaban J connectivity index is 2.64. The highest BCUT2D eigenvalue weighted by atomic mass is 19.2. The van der Waals surface area contributed by atoms with Crippen LogP contribution in [0.15, 0.2) is 30.3 Å². The Morgan fingerprint density at radius 1 is 1.00 bits per heavy atom. The first-order chi connectivity index (χ1) is 8.90. The number of Topliss-reactive ketones (excluding diaryl/α,β-unsaturated/α-hetero) is 1. The molecule has 19 heavy (non-hydrogen) atoms. The summed E-state index contributed by atoms with van der Waals surface area (Å²) in [5, 5.41) is 0. The van der Waals surface area contributed by atoms with Gasteiger partial charge < -0.3 is 0 Å². The maximum absolute atomic E-state index is 13.2. The lowest BCUT2D eigenvalue weighted by Gasteiger charge is -2.09. The zero-order chi connectivity index (χ0) is 14.2. The molecule has 0 aliphatic rings. The molecule has 2 aromatic rings. The summed E-state index contributed by atoms with van der Waals surface area (Å²) in [4.78, 5) is 11.3. The van der Waals surface area contributed by atoms with E-state index in [2.05, 4.69) is 0 Å². The zero-order valence-corrected chi connectivity index (χ0v) is 10.4. The van der Waals surface area contributed by atoms with Crippen LogP contribution in [0, 0.1) is 24.4 Å². The number of carbonyl (C=O) groups excluding carboxylic acids is 1. The summed E-state index contributed by atoms with van der Waals surface area (Å²) in [5.41, 5.74) is 1.89. The third kappa shape index (κ3) is 2.52. The van der Waals surface area contributed by atoms with Gasteiger partial charge in [-0.15, -0.1) is 0 Å². The van der Waals surface area contributed by atoms with Gasteiger partial charge in [-0.05, 0) is 48.7 Å². The molecule has 0 unspecified atom stereocenters. The van der Waals surface area contributed by atoms with Crippen LogP contribution < -0.4 is 0 Å². The summed E-state index contributed by atoms with van der Waals surface area (Å²) in [6, 6.07) is 6.71. The fraction of sp³-hybridized carbons (Fsp3) is 0.133. The third-order valence-corrected chi connectivity index (χ3v) is 2.94. The molecule has 0 N–H and O–H groups in total. The van der Waals surface area contributed by atoms with Crippen molar-refractivity contribution in [2.45, 2.75) is 13.8 Å². The molecule has 0 aliphatic heterocycles. The fourth-order valence-electron chi connectivity index (χ4n) is 1.86. The Bertz CT molecular complexity index is 639. The van der Waals surface area contributed by atoms with Crippen LogP contribution in [-0.4, -0.2) is 5.78 Å². The van der Waals surface area contributed by atoms with Crippen LogP contribution in [0.2, 0.25) is 0 Å². The lowest BCUT2D eigenvalue weighted by Crippen LogP contribution is -1.96. The number of hydrogen-bond donors (Lipinski definition) is 0. The second-order valence-corrected chi connectivity index (χ2v) is 4.34. The molecule has 2 aromatic carbocycles. The van der Waals surface area contributed by atoms with Crippen LogP contribution >= 0.6 is 0 Å². The molecule has 2 rings (SSSR count). The number of benzene rings is 2. The number of ketones is 1. The molecule has 0 spiro atoms. The fourth-order valence-corrected chi connectivity index (χ4v) is 1.86. The van der Waals surface area contributed by atoms with E-state index in [1.54, 1.807) is 25.1 Å². The summed E-state index contributed by atoms with van der Waals surface area (Å²) in [6.45, 7) is 3.15. The first-order valence-electron chi connectivity index (χ1n) is 5.66. The Labute approximate surface area is 108 Å². The van der Waals surface area contributed by atoms with Crippen LogP contribution in [0.5, 0.6) is 0 Å². The predicted molar refractivity (Wildman–Crippen MR) is 66.5 cm³/mol. The van der Waals surface area contributed by atoms with Crippen molar-refractivity contribution in [2.75, 3.05) is 0 Å². The van der Waals surface area contributed by atoms with E-state index in [4.69, 9.17) is 0 Å². The van der Waals surface area contributed by atoms with Gasteiger partial charge >= 0.3 is 0 Å². The minimum absolute atomic E-state index is 0.149. The smallest absolute Gasteiger partial charge is 0.194 e. The maximum Gasteiger partial charge on any atom is 0.194 e. The first-order valence-corrected chi connectivity index (χ1v) is 5.66. The van der Waals surface area contributed by atoms with E-state index in [-0.39, 0.29) is 11.3 Å². The van der Waals surface area contributed by atoms with E-state index in [0.29, 0.717) is 11.1 Å². The summed E-state index contributed by atoms with van der Waals surface area (Å²) < 4.78 is 39.4. The van der Waals surface area contributed by atoms with Gasteiger partial charge in [-0.3, -0.25) is 4.79 Å².